The van der Waals surface area contributed by atoms with E-state index in [1.54, 1.807) is 7.11 Å². The number of benzene rings is 1. The van der Waals surface area contributed by atoms with Crippen molar-refractivity contribution in [3.63, 3.8) is 0 Å². The number of nitrogens with one attached hydrogen (secondary N) is 1. The second-order valence-corrected chi connectivity index (χ2v) is 8.17. The standard InChI is InChI=1S/C18H28BrNO/c1-18(2,3)14-7-5-13(6-8-14)12-20-15-9-10-16(19)17(11-15)21-4/h9-11,13-14,20H,5-8,12H2,1-4H3. The Morgan fingerprint density at radius 1 is 1.19 bits per heavy atom. The van der Waals surface area contributed by atoms with Crippen molar-refractivity contribution in [3.8, 4) is 5.75 Å². The van der Waals surface area contributed by atoms with Crippen molar-refractivity contribution in [1.29, 1.82) is 0 Å². The van der Waals surface area contributed by atoms with E-state index in [9.17, 15) is 0 Å². The van der Waals surface area contributed by atoms with Crippen LogP contribution in [0.3, 0.4) is 0 Å². The maximum absolute atomic E-state index is 5.34. The number of rotatable bonds is 4. The Labute approximate surface area is 137 Å². The Balaban J connectivity index is 1.82. The molecule has 0 radical (unpaired) electrons. The number of methoxy groups -OCH3 is 1. The van der Waals surface area contributed by atoms with Gasteiger partial charge >= 0.3 is 0 Å². The van der Waals surface area contributed by atoms with Crippen LogP contribution in [0.5, 0.6) is 5.75 Å². The van der Waals surface area contributed by atoms with Gasteiger partial charge in [0.05, 0.1) is 11.6 Å². The lowest BCUT2D eigenvalue weighted by molar-refractivity contribution is 0.153. The first-order valence-corrected chi connectivity index (χ1v) is 8.77. The van der Waals surface area contributed by atoms with Crippen molar-refractivity contribution in [3.05, 3.63) is 22.7 Å². The predicted molar refractivity (Wildman–Crippen MR) is 94.1 cm³/mol. The summed E-state index contributed by atoms with van der Waals surface area (Å²) in [6.45, 7) is 8.21. The predicted octanol–water partition coefficient (Wildman–Crippen LogP) is 5.72. The van der Waals surface area contributed by atoms with Gasteiger partial charge in [0.2, 0.25) is 0 Å². The number of hydrogen-bond acceptors (Lipinski definition) is 2. The molecular formula is C18H28BrNO. The smallest absolute Gasteiger partial charge is 0.135 e. The van der Waals surface area contributed by atoms with Gasteiger partial charge < -0.3 is 10.1 Å². The van der Waals surface area contributed by atoms with Crippen LogP contribution in [-0.2, 0) is 0 Å². The molecule has 2 nitrogen and oxygen atoms in total. The van der Waals surface area contributed by atoms with Crippen molar-refractivity contribution in [1.82, 2.24) is 0 Å². The topological polar surface area (TPSA) is 21.3 Å². The van der Waals surface area contributed by atoms with Gasteiger partial charge in [0.1, 0.15) is 5.75 Å². The molecule has 1 aromatic rings. The average Bonchev–Trinajstić information content (AvgIpc) is 2.46. The summed E-state index contributed by atoms with van der Waals surface area (Å²) in [6.07, 6.45) is 5.45. The fraction of sp³-hybridized carbons (Fsp3) is 0.667. The molecule has 1 fully saturated rings. The summed E-state index contributed by atoms with van der Waals surface area (Å²) in [5.74, 6) is 2.58. The molecule has 21 heavy (non-hydrogen) atoms. The van der Waals surface area contributed by atoms with E-state index in [0.29, 0.717) is 5.41 Å². The van der Waals surface area contributed by atoms with Gasteiger partial charge in [-0.2, -0.15) is 0 Å². The number of halogens is 1. The summed E-state index contributed by atoms with van der Waals surface area (Å²) < 4.78 is 6.34. The van der Waals surface area contributed by atoms with E-state index in [2.05, 4.69) is 54.2 Å². The Morgan fingerprint density at radius 3 is 2.43 bits per heavy atom. The molecule has 0 aliphatic heterocycles. The van der Waals surface area contributed by atoms with E-state index in [-0.39, 0.29) is 0 Å². The third-order valence-corrected chi connectivity index (χ3v) is 5.47. The lowest BCUT2D eigenvalue weighted by Gasteiger charge is -2.37. The second-order valence-electron chi connectivity index (χ2n) is 7.31. The van der Waals surface area contributed by atoms with Crippen LogP contribution in [0.15, 0.2) is 22.7 Å². The lowest BCUT2D eigenvalue weighted by atomic mass is 9.70. The summed E-state index contributed by atoms with van der Waals surface area (Å²) in [5, 5.41) is 3.57. The minimum atomic E-state index is 0.470. The highest BCUT2D eigenvalue weighted by atomic mass is 79.9. The molecule has 0 aromatic heterocycles. The number of hydrogen-bond donors (Lipinski definition) is 1. The maximum Gasteiger partial charge on any atom is 0.135 e. The molecule has 0 amide bonds. The third-order valence-electron chi connectivity index (χ3n) is 4.82. The summed E-state index contributed by atoms with van der Waals surface area (Å²) in [5.41, 5.74) is 1.62. The molecule has 0 bridgehead atoms. The van der Waals surface area contributed by atoms with E-state index >= 15 is 0 Å². The average molecular weight is 354 g/mol. The molecule has 0 unspecified atom stereocenters. The normalized spacial score (nSPS) is 22.9. The van der Waals surface area contributed by atoms with Crippen LogP contribution in [0.2, 0.25) is 0 Å². The monoisotopic (exact) mass is 353 g/mol. The van der Waals surface area contributed by atoms with Crippen LogP contribution >= 0.6 is 15.9 Å². The van der Waals surface area contributed by atoms with E-state index in [1.807, 2.05) is 6.07 Å². The number of anilines is 1. The highest BCUT2D eigenvalue weighted by Crippen LogP contribution is 2.39. The lowest BCUT2D eigenvalue weighted by Crippen LogP contribution is -2.28. The molecule has 3 heteroatoms. The maximum atomic E-state index is 5.34. The van der Waals surface area contributed by atoms with Gasteiger partial charge in [-0.1, -0.05) is 20.8 Å². The zero-order valence-corrected chi connectivity index (χ0v) is 15.3. The van der Waals surface area contributed by atoms with E-state index < -0.39 is 0 Å². The summed E-state index contributed by atoms with van der Waals surface area (Å²) in [6, 6.07) is 6.20. The Kier molecular flexibility index (Phi) is 5.59. The zero-order chi connectivity index (χ0) is 15.5. The molecule has 1 aliphatic carbocycles. The largest absolute Gasteiger partial charge is 0.495 e. The minimum absolute atomic E-state index is 0.470. The Bertz CT molecular complexity index is 459. The molecule has 0 atom stereocenters. The molecule has 0 heterocycles. The molecule has 118 valence electrons. The molecule has 2 rings (SSSR count). The van der Waals surface area contributed by atoms with Crippen LogP contribution in [0.25, 0.3) is 0 Å². The van der Waals surface area contributed by atoms with E-state index in [0.717, 1.165) is 34.3 Å². The third kappa shape index (κ3) is 4.64. The van der Waals surface area contributed by atoms with Gasteiger partial charge in [0, 0.05) is 18.3 Å². The molecule has 1 aromatic carbocycles. The molecule has 0 spiro atoms. The van der Waals surface area contributed by atoms with E-state index in [4.69, 9.17) is 4.74 Å². The first kappa shape index (κ1) is 16.7. The zero-order valence-electron chi connectivity index (χ0n) is 13.7. The van der Waals surface area contributed by atoms with Crippen LogP contribution in [0, 0.1) is 17.3 Å². The Hall–Kier alpha value is -0.700. The molecular weight excluding hydrogens is 326 g/mol. The van der Waals surface area contributed by atoms with Crippen LogP contribution in [-0.4, -0.2) is 13.7 Å². The molecule has 1 aliphatic rings. The van der Waals surface area contributed by atoms with E-state index in [1.165, 1.54) is 25.7 Å². The Morgan fingerprint density at radius 2 is 1.86 bits per heavy atom. The van der Waals surface area contributed by atoms with Gasteiger partial charge in [0.25, 0.3) is 0 Å². The first-order chi connectivity index (χ1) is 9.90. The van der Waals surface area contributed by atoms with Crippen molar-refractivity contribution in [2.75, 3.05) is 19.0 Å². The minimum Gasteiger partial charge on any atom is -0.495 e. The highest BCUT2D eigenvalue weighted by Gasteiger charge is 2.29. The van der Waals surface area contributed by atoms with Gasteiger partial charge in [-0.05, 0) is 71.0 Å². The molecule has 1 N–H and O–H groups in total. The van der Waals surface area contributed by atoms with Gasteiger partial charge in [-0.3, -0.25) is 0 Å². The quantitative estimate of drug-likeness (QED) is 0.746. The summed E-state index contributed by atoms with van der Waals surface area (Å²) >= 11 is 3.49. The van der Waals surface area contributed by atoms with Crippen molar-refractivity contribution in [2.45, 2.75) is 46.5 Å². The van der Waals surface area contributed by atoms with Crippen molar-refractivity contribution < 1.29 is 4.74 Å². The molecule has 0 saturated heterocycles. The first-order valence-electron chi connectivity index (χ1n) is 7.97. The van der Waals surface area contributed by atoms with Crippen LogP contribution in [0.4, 0.5) is 5.69 Å². The highest BCUT2D eigenvalue weighted by molar-refractivity contribution is 9.10. The number of ether oxygens (including phenoxy) is 1. The van der Waals surface area contributed by atoms with Crippen LogP contribution in [0.1, 0.15) is 46.5 Å². The SMILES string of the molecule is COc1cc(NCC2CCC(C(C)(C)C)CC2)ccc1Br. The van der Waals surface area contributed by atoms with Gasteiger partial charge in [0.15, 0.2) is 0 Å². The summed E-state index contributed by atoms with van der Waals surface area (Å²) in [7, 11) is 1.71. The van der Waals surface area contributed by atoms with Gasteiger partial charge in [-0.25, -0.2) is 0 Å². The van der Waals surface area contributed by atoms with Crippen molar-refractivity contribution >= 4 is 21.6 Å². The van der Waals surface area contributed by atoms with Crippen molar-refractivity contribution in [2.24, 2.45) is 17.3 Å². The fourth-order valence-electron chi connectivity index (χ4n) is 3.26. The van der Waals surface area contributed by atoms with Crippen LogP contribution < -0.4 is 10.1 Å². The second kappa shape index (κ2) is 7.04. The summed E-state index contributed by atoms with van der Waals surface area (Å²) in [4.78, 5) is 0. The molecule has 1 saturated carbocycles. The van der Waals surface area contributed by atoms with Gasteiger partial charge in [-0.15, -0.1) is 0 Å². The fourth-order valence-corrected chi connectivity index (χ4v) is 3.67.